The molecule has 0 aliphatic carbocycles. The Labute approximate surface area is 104 Å². The molecule has 0 aliphatic rings. The average molecular weight is 237 g/mol. The number of ether oxygens (including phenoxy) is 1. The van der Waals surface area contributed by atoms with E-state index < -0.39 is 6.10 Å². The summed E-state index contributed by atoms with van der Waals surface area (Å²) < 4.78 is 5.33. The molecule has 0 spiro atoms. The van der Waals surface area contributed by atoms with Gasteiger partial charge in [-0.25, -0.2) is 0 Å². The Morgan fingerprint density at radius 1 is 1.35 bits per heavy atom. The molecule has 0 aliphatic heterocycles. The van der Waals surface area contributed by atoms with Gasteiger partial charge in [-0.15, -0.1) is 0 Å². The van der Waals surface area contributed by atoms with Crippen LogP contribution in [-0.4, -0.2) is 25.8 Å². The van der Waals surface area contributed by atoms with Gasteiger partial charge in [-0.3, -0.25) is 0 Å². The van der Waals surface area contributed by atoms with Crippen LogP contribution in [0.4, 0.5) is 0 Å². The third-order valence-electron chi connectivity index (χ3n) is 2.93. The molecule has 2 N–H and O–H groups in total. The number of rotatable bonds is 6. The summed E-state index contributed by atoms with van der Waals surface area (Å²) in [6.07, 6.45) is 0.311. The molecule has 1 rings (SSSR count). The lowest BCUT2D eigenvalue weighted by Gasteiger charge is -2.16. The minimum Gasteiger partial charge on any atom is -0.496 e. The van der Waals surface area contributed by atoms with E-state index in [-0.39, 0.29) is 0 Å². The molecular formula is C14H23NO2. The van der Waals surface area contributed by atoms with Crippen LogP contribution in [-0.2, 0) is 0 Å². The molecule has 0 amide bonds. The van der Waals surface area contributed by atoms with Gasteiger partial charge in [-0.1, -0.05) is 19.9 Å². The third kappa shape index (κ3) is 3.72. The fourth-order valence-corrected chi connectivity index (χ4v) is 1.86. The molecule has 1 atom stereocenters. The lowest BCUT2D eigenvalue weighted by Crippen LogP contribution is -2.12. The van der Waals surface area contributed by atoms with Gasteiger partial charge in [0.15, 0.2) is 0 Å². The molecule has 1 aromatic rings. The van der Waals surface area contributed by atoms with E-state index in [0.29, 0.717) is 5.92 Å². The maximum Gasteiger partial charge on any atom is 0.122 e. The van der Waals surface area contributed by atoms with Crippen LogP contribution < -0.4 is 10.1 Å². The van der Waals surface area contributed by atoms with Crippen LogP contribution in [0.5, 0.6) is 5.75 Å². The first-order valence-corrected chi connectivity index (χ1v) is 6.10. The van der Waals surface area contributed by atoms with E-state index >= 15 is 0 Å². The second-order valence-electron chi connectivity index (χ2n) is 4.56. The van der Waals surface area contributed by atoms with Crippen molar-refractivity contribution in [3.8, 4) is 5.75 Å². The van der Waals surface area contributed by atoms with Crippen molar-refractivity contribution in [1.29, 1.82) is 0 Å². The number of benzene rings is 1. The number of hydrogen-bond donors (Lipinski definition) is 2. The highest BCUT2D eigenvalue weighted by atomic mass is 16.5. The first kappa shape index (κ1) is 14.0. The Bertz CT molecular complexity index is 350. The minimum atomic E-state index is -0.411. The molecule has 3 heteroatoms. The van der Waals surface area contributed by atoms with E-state index in [1.165, 1.54) is 0 Å². The second kappa shape index (κ2) is 6.62. The maximum atomic E-state index is 10.0. The number of methoxy groups -OCH3 is 1. The Morgan fingerprint density at radius 2 is 2.06 bits per heavy atom. The highest BCUT2D eigenvalue weighted by molar-refractivity contribution is 5.40. The molecule has 0 saturated heterocycles. The first-order chi connectivity index (χ1) is 8.10. The van der Waals surface area contributed by atoms with Crippen LogP contribution in [0.1, 0.15) is 43.4 Å². The SMILES string of the molecule is CNCCC(O)c1ccc(OC)c(C(C)C)c1. The lowest BCUT2D eigenvalue weighted by atomic mass is 9.96. The summed E-state index contributed by atoms with van der Waals surface area (Å²) >= 11 is 0. The summed E-state index contributed by atoms with van der Waals surface area (Å²) in [5.74, 6) is 1.28. The smallest absolute Gasteiger partial charge is 0.122 e. The fourth-order valence-electron chi connectivity index (χ4n) is 1.86. The maximum absolute atomic E-state index is 10.0. The van der Waals surface area contributed by atoms with E-state index in [1.807, 2.05) is 25.2 Å². The number of hydrogen-bond acceptors (Lipinski definition) is 3. The molecule has 17 heavy (non-hydrogen) atoms. The molecule has 96 valence electrons. The molecule has 0 fully saturated rings. The fraction of sp³-hybridized carbons (Fsp3) is 0.571. The topological polar surface area (TPSA) is 41.5 Å². The predicted octanol–water partition coefficient (Wildman–Crippen LogP) is 2.46. The van der Waals surface area contributed by atoms with Gasteiger partial charge in [0.25, 0.3) is 0 Å². The third-order valence-corrected chi connectivity index (χ3v) is 2.93. The molecule has 3 nitrogen and oxygen atoms in total. The number of aliphatic hydroxyl groups is 1. The summed E-state index contributed by atoms with van der Waals surface area (Å²) in [5, 5.41) is 13.1. The zero-order valence-corrected chi connectivity index (χ0v) is 11.2. The van der Waals surface area contributed by atoms with Crippen molar-refractivity contribution in [2.45, 2.75) is 32.3 Å². The van der Waals surface area contributed by atoms with Crippen LogP contribution in [0.3, 0.4) is 0 Å². The monoisotopic (exact) mass is 237 g/mol. The summed E-state index contributed by atoms with van der Waals surface area (Å²) in [6.45, 7) is 5.06. The normalized spacial score (nSPS) is 12.8. The molecule has 0 heterocycles. The molecule has 1 aromatic carbocycles. The van der Waals surface area contributed by atoms with Gasteiger partial charge < -0.3 is 15.2 Å². The van der Waals surface area contributed by atoms with Crippen molar-refractivity contribution < 1.29 is 9.84 Å². The van der Waals surface area contributed by atoms with E-state index in [2.05, 4.69) is 19.2 Å². The van der Waals surface area contributed by atoms with Crippen LogP contribution in [0, 0.1) is 0 Å². The Kier molecular flexibility index (Phi) is 5.45. The largest absolute Gasteiger partial charge is 0.496 e. The quantitative estimate of drug-likeness (QED) is 0.798. The molecule has 0 aromatic heterocycles. The number of nitrogens with one attached hydrogen (secondary N) is 1. The molecule has 0 bridgehead atoms. The van der Waals surface area contributed by atoms with E-state index in [9.17, 15) is 5.11 Å². The Morgan fingerprint density at radius 3 is 2.59 bits per heavy atom. The van der Waals surface area contributed by atoms with Gasteiger partial charge in [0.05, 0.1) is 13.2 Å². The predicted molar refractivity (Wildman–Crippen MR) is 70.6 cm³/mol. The van der Waals surface area contributed by atoms with Gasteiger partial charge in [-0.2, -0.15) is 0 Å². The molecule has 0 saturated carbocycles. The van der Waals surface area contributed by atoms with Crippen LogP contribution in [0.2, 0.25) is 0 Å². The standard InChI is InChI=1S/C14H23NO2/c1-10(2)12-9-11(5-6-14(12)17-4)13(16)7-8-15-3/h5-6,9-10,13,15-16H,7-8H2,1-4H3. The Balaban J connectivity index is 2.91. The van der Waals surface area contributed by atoms with Crippen LogP contribution in [0.15, 0.2) is 18.2 Å². The molecular weight excluding hydrogens is 214 g/mol. The Hall–Kier alpha value is -1.06. The van der Waals surface area contributed by atoms with Crippen molar-refractivity contribution in [2.24, 2.45) is 0 Å². The van der Waals surface area contributed by atoms with Crippen LogP contribution in [0.25, 0.3) is 0 Å². The van der Waals surface area contributed by atoms with Crippen molar-refractivity contribution >= 4 is 0 Å². The van der Waals surface area contributed by atoms with E-state index in [0.717, 1.165) is 29.8 Å². The highest BCUT2D eigenvalue weighted by Crippen LogP contribution is 2.30. The summed E-state index contributed by atoms with van der Waals surface area (Å²) in [7, 11) is 3.57. The summed E-state index contributed by atoms with van der Waals surface area (Å²) in [6, 6.07) is 5.92. The lowest BCUT2D eigenvalue weighted by molar-refractivity contribution is 0.167. The van der Waals surface area contributed by atoms with Gasteiger partial charge in [0, 0.05) is 0 Å². The van der Waals surface area contributed by atoms with Crippen LogP contribution >= 0.6 is 0 Å². The van der Waals surface area contributed by atoms with E-state index in [1.54, 1.807) is 7.11 Å². The summed E-state index contributed by atoms with van der Waals surface area (Å²) in [5.41, 5.74) is 2.11. The zero-order valence-electron chi connectivity index (χ0n) is 11.2. The van der Waals surface area contributed by atoms with Gasteiger partial charge >= 0.3 is 0 Å². The second-order valence-corrected chi connectivity index (χ2v) is 4.56. The highest BCUT2D eigenvalue weighted by Gasteiger charge is 2.12. The van der Waals surface area contributed by atoms with E-state index in [4.69, 9.17) is 4.74 Å². The summed E-state index contributed by atoms with van der Waals surface area (Å²) in [4.78, 5) is 0. The van der Waals surface area contributed by atoms with Gasteiger partial charge in [-0.05, 0) is 49.2 Å². The zero-order chi connectivity index (χ0) is 12.8. The first-order valence-electron chi connectivity index (χ1n) is 6.10. The van der Waals surface area contributed by atoms with Crippen molar-refractivity contribution in [3.05, 3.63) is 29.3 Å². The van der Waals surface area contributed by atoms with Crippen molar-refractivity contribution in [3.63, 3.8) is 0 Å². The number of aliphatic hydroxyl groups excluding tert-OH is 1. The molecule has 1 unspecified atom stereocenters. The molecule has 0 radical (unpaired) electrons. The average Bonchev–Trinajstić information content (AvgIpc) is 2.34. The van der Waals surface area contributed by atoms with Gasteiger partial charge in [0.2, 0.25) is 0 Å². The van der Waals surface area contributed by atoms with Crippen molar-refractivity contribution in [1.82, 2.24) is 5.32 Å². The van der Waals surface area contributed by atoms with Gasteiger partial charge in [0.1, 0.15) is 5.75 Å². The van der Waals surface area contributed by atoms with Crippen molar-refractivity contribution in [2.75, 3.05) is 20.7 Å². The minimum absolute atomic E-state index is 0.390.